The quantitative estimate of drug-likeness (QED) is 0.815. The lowest BCUT2D eigenvalue weighted by Crippen LogP contribution is -2.28. The van der Waals surface area contributed by atoms with Gasteiger partial charge in [0.15, 0.2) is 0 Å². The Labute approximate surface area is 114 Å². The summed E-state index contributed by atoms with van der Waals surface area (Å²) in [6, 6.07) is 6.87. The van der Waals surface area contributed by atoms with Crippen molar-refractivity contribution in [1.29, 1.82) is 0 Å². The summed E-state index contributed by atoms with van der Waals surface area (Å²) in [6.07, 6.45) is 4.41. The van der Waals surface area contributed by atoms with Gasteiger partial charge in [0.2, 0.25) is 0 Å². The largest absolute Gasteiger partial charge is 0.508 e. The smallest absolute Gasteiger partial charge is 0.491 e. The third kappa shape index (κ3) is 3.28. The van der Waals surface area contributed by atoms with Gasteiger partial charge in [-0.1, -0.05) is 43.7 Å². The lowest BCUT2D eigenvalue weighted by Gasteiger charge is -2.26. The fourth-order valence-electron chi connectivity index (χ4n) is 2.29. The van der Waals surface area contributed by atoms with Crippen LogP contribution in [-0.4, -0.2) is 17.2 Å². The van der Waals surface area contributed by atoms with Crippen LogP contribution >= 0.6 is 0 Å². The van der Waals surface area contributed by atoms with Gasteiger partial charge in [0.05, 0.1) is 6.10 Å². The first kappa shape index (κ1) is 13.9. The van der Waals surface area contributed by atoms with Gasteiger partial charge in [-0.2, -0.15) is 0 Å². The minimum Gasteiger partial charge on any atom is -0.508 e. The Kier molecular flexibility index (Phi) is 4.45. The molecule has 0 aliphatic carbocycles. The molecule has 1 heterocycles. The van der Waals surface area contributed by atoms with Crippen molar-refractivity contribution in [3.05, 3.63) is 53.5 Å². The second-order valence-corrected chi connectivity index (χ2v) is 4.82. The van der Waals surface area contributed by atoms with Crippen LogP contribution < -0.4 is 0 Å². The molecule has 0 bridgehead atoms. The molecule has 4 heteroatoms. The molecule has 0 radical (unpaired) electrons. The van der Waals surface area contributed by atoms with E-state index in [1.165, 1.54) is 0 Å². The van der Waals surface area contributed by atoms with E-state index < -0.39 is 7.12 Å². The van der Waals surface area contributed by atoms with Crippen molar-refractivity contribution in [2.75, 3.05) is 0 Å². The molecule has 0 saturated carbocycles. The lowest BCUT2D eigenvalue weighted by molar-refractivity contribution is 0.168. The first-order valence-corrected chi connectivity index (χ1v) is 6.62. The van der Waals surface area contributed by atoms with Crippen LogP contribution in [0.15, 0.2) is 48.0 Å². The molecule has 100 valence electrons. The maximum absolute atomic E-state index is 10.1. The molecule has 0 fully saturated rings. The van der Waals surface area contributed by atoms with E-state index in [2.05, 4.69) is 13.5 Å². The SMILES string of the molecule is C=C(CCC)C1=CCC(c2ccc(O)cc2)OB1O. The van der Waals surface area contributed by atoms with Crippen LogP contribution in [0.4, 0.5) is 0 Å². The highest BCUT2D eigenvalue weighted by atomic mass is 16.5. The zero-order chi connectivity index (χ0) is 13.8. The average molecular weight is 258 g/mol. The molecule has 1 unspecified atom stereocenters. The molecular formula is C15H19BO3. The molecule has 1 aliphatic heterocycles. The fourth-order valence-corrected chi connectivity index (χ4v) is 2.29. The summed E-state index contributed by atoms with van der Waals surface area (Å²) in [5.41, 5.74) is 2.70. The highest BCUT2D eigenvalue weighted by Crippen LogP contribution is 2.32. The van der Waals surface area contributed by atoms with Gasteiger partial charge in [0.25, 0.3) is 0 Å². The van der Waals surface area contributed by atoms with Crippen molar-refractivity contribution in [2.24, 2.45) is 0 Å². The number of hydrogen-bond donors (Lipinski definition) is 2. The molecular weight excluding hydrogens is 239 g/mol. The number of aromatic hydroxyl groups is 1. The molecule has 0 saturated heterocycles. The van der Waals surface area contributed by atoms with Crippen molar-refractivity contribution in [3.8, 4) is 5.75 Å². The summed E-state index contributed by atoms with van der Waals surface area (Å²) < 4.78 is 5.64. The summed E-state index contributed by atoms with van der Waals surface area (Å²) in [6.45, 7) is 6.07. The van der Waals surface area contributed by atoms with Crippen molar-refractivity contribution in [1.82, 2.24) is 0 Å². The van der Waals surface area contributed by atoms with Crippen LogP contribution in [0.3, 0.4) is 0 Å². The van der Waals surface area contributed by atoms with Crippen LogP contribution in [0.2, 0.25) is 0 Å². The van der Waals surface area contributed by atoms with E-state index >= 15 is 0 Å². The van der Waals surface area contributed by atoms with Gasteiger partial charge in [-0.3, -0.25) is 0 Å². The molecule has 0 spiro atoms. The van der Waals surface area contributed by atoms with Crippen molar-refractivity contribution in [3.63, 3.8) is 0 Å². The normalized spacial score (nSPS) is 19.2. The summed E-state index contributed by atoms with van der Waals surface area (Å²) in [7, 11) is -0.911. The molecule has 2 N–H and O–H groups in total. The van der Waals surface area contributed by atoms with Gasteiger partial charge in [0.1, 0.15) is 5.75 Å². The monoisotopic (exact) mass is 258 g/mol. The third-order valence-electron chi connectivity index (χ3n) is 3.34. The summed E-state index contributed by atoms with van der Waals surface area (Å²) in [5.74, 6) is 0.229. The number of hydrogen-bond acceptors (Lipinski definition) is 3. The van der Waals surface area contributed by atoms with Gasteiger partial charge in [-0.25, -0.2) is 0 Å². The number of phenols is 1. The second kappa shape index (κ2) is 6.09. The van der Waals surface area contributed by atoms with Crippen LogP contribution in [0.5, 0.6) is 5.75 Å². The van der Waals surface area contributed by atoms with Gasteiger partial charge in [-0.15, -0.1) is 0 Å². The summed E-state index contributed by atoms with van der Waals surface area (Å²) in [5, 5.41) is 19.3. The Bertz CT molecular complexity index is 479. The van der Waals surface area contributed by atoms with E-state index in [1.54, 1.807) is 12.1 Å². The Hall–Kier alpha value is -1.52. The highest BCUT2D eigenvalue weighted by molar-refractivity contribution is 6.54. The topological polar surface area (TPSA) is 49.7 Å². The minimum absolute atomic E-state index is 0.172. The van der Waals surface area contributed by atoms with Crippen LogP contribution in [0.1, 0.15) is 37.9 Å². The van der Waals surface area contributed by atoms with E-state index in [4.69, 9.17) is 4.65 Å². The van der Waals surface area contributed by atoms with Gasteiger partial charge < -0.3 is 14.8 Å². The zero-order valence-corrected chi connectivity index (χ0v) is 11.2. The maximum Gasteiger partial charge on any atom is 0.491 e. The maximum atomic E-state index is 10.1. The molecule has 0 amide bonds. The second-order valence-electron chi connectivity index (χ2n) is 4.82. The van der Waals surface area contributed by atoms with E-state index in [-0.39, 0.29) is 11.9 Å². The van der Waals surface area contributed by atoms with Crippen molar-refractivity contribution in [2.45, 2.75) is 32.3 Å². The predicted molar refractivity (Wildman–Crippen MR) is 76.7 cm³/mol. The van der Waals surface area contributed by atoms with Crippen molar-refractivity contribution < 1.29 is 14.8 Å². The Balaban J connectivity index is 2.10. The lowest BCUT2D eigenvalue weighted by atomic mass is 9.70. The molecule has 1 aromatic rings. The molecule has 1 aromatic carbocycles. The predicted octanol–water partition coefficient (Wildman–Crippen LogP) is 3.16. The Morgan fingerprint density at radius 1 is 1.42 bits per heavy atom. The van der Waals surface area contributed by atoms with Gasteiger partial charge >= 0.3 is 7.12 Å². The number of allylic oxidation sites excluding steroid dienone is 2. The highest BCUT2D eigenvalue weighted by Gasteiger charge is 2.30. The molecule has 3 nitrogen and oxygen atoms in total. The average Bonchev–Trinajstić information content (AvgIpc) is 2.39. The first-order valence-electron chi connectivity index (χ1n) is 6.62. The first-order chi connectivity index (χ1) is 9.11. The fraction of sp³-hybridized carbons (Fsp3) is 0.333. The van der Waals surface area contributed by atoms with E-state index in [0.29, 0.717) is 6.42 Å². The number of rotatable bonds is 4. The molecule has 1 atom stereocenters. The van der Waals surface area contributed by atoms with Crippen LogP contribution in [0.25, 0.3) is 0 Å². The molecule has 0 aromatic heterocycles. The van der Waals surface area contributed by atoms with Gasteiger partial charge in [0, 0.05) is 0 Å². The number of phenolic OH excluding ortho intramolecular Hbond substituents is 1. The third-order valence-corrected chi connectivity index (χ3v) is 3.34. The summed E-state index contributed by atoms with van der Waals surface area (Å²) >= 11 is 0. The number of benzene rings is 1. The molecule has 2 rings (SSSR count). The van der Waals surface area contributed by atoms with Crippen LogP contribution in [-0.2, 0) is 4.65 Å². The van der Waals surface area contributed by atoms with Gasteiger partial charge in [-0.05, 0) is 36.0 Å². The molecule has 19 heavy (non-hydrogen) atoms. The van der Waals surface area contributed by atoms with Crippen molar-refractivity contribution >= 4 is 7.12 Å². The Morgan fingerprint density at radius 2 is 2.11 bits per heavy atom. The van der Waals surface area contributed by atoms with Crippen LogP contribution in [0, 0.1) is 0 Å². The zero-order valence-electron chi connectivity index (χ0n) is 11.2. The van der Waals surface area contributed by atoms with E-state index in [9.17, 15) is 10.1 Å². The molecule has 1 aliphatic rings. The minimum atomic E-state index is -0.911. The van der Waals surface area contributed by atoms with E-state index in [1.807, 2.05) is 18.2 Å². The Morgan fingerprint density at radius 3 is 2.68 bits per heavy atom. The van der Waals surface area contributed by atoms with E-state index in [0.717, 1.165) is 29.5 Å². The summed E-state index contributed by atoms with van der Waals surface area (Å²) in [4.78, 5) is 0. The standard InChI is InChI=1S/C15H19BO3/c1-3-4-11(2)14-9-10-15(19-16(14)18)12-5-7-13(17)8-6-12/h5-9,15,17-18H,2-4,10H2,1H3.